The second kappa shape index (κ2) is 12.7. The molecule has 1 fully saturated rings. The minimum absolute atomic E-state index is 0.00513. The molecule has 2 N–H and O–H groups in total. The number of allylic oxidation sites excluding steroid dienone is 4. The maximum absolute atomic E-state index is 13.4. The zero-order valence-electron chi connectivity index (χ0n) is 21.8. The van der Waals surface area contributed by atoms with E-state index in [-0.39, 0.29) is 36.2 Å². The van der Waals surface area contributed by atoms with Gasteiger partial charge in [0.25, 0.3) is 5.91 Å². The van der Waals surface area contributed by atoms with Gasteiger partial charge in [0.05, 0.1) is 12.7 Å². The number of likely N-dealkylation sites (tertiary alicyclic amines) is 1. The second-order valence-corrected chi connectivity index (χ2v) is 10.2. The average molecular weight is 521 g/mol. The number of carbonyl (C=O) groups is 3. The van der Waals surface area contributed by atoms with E-state index >= 15 is 0 Å². The van der Waals surface area contributed by atoms with Crippen molar-refractivity contribution in [1.29, 1.82) is 0 Å². The van der Waals surface area contributed by atoms with E-state index in [1.807, 2.05) is 31.2 Å². The van der Waals surface area contributed by atoms with E-state index in [0.29, 0.717) is 18.0 Å². The number of carboxylic acids is 1. The Labute approximate surface area is 223 Å². The molecular weight excluding hydrogens is 484 g/mol. The van der Waals surface area contributed by atoms with Crippen LogP contribution in [0.15, 0.2) is 65.4 Å². The van der Waals surface area contributed by atoms with Crippen molar-refractivity contribution in [2.45, 2.75) is 51.5 Å². The standard InChI is InChI=1S/C29H36N4O5/c1-22-7-8-25(31-21-22)33(28(37)24-6-5-19-38-24)23-10-16-32(17-11-23)18-14-29(12-3-2-4-13-29)20-26(34)30-15-9-27(35)36/h2-8,12,19,21,23H,9-11,13-18,20H2,1H3,(H,30,34)(H,35,36). The number of piperidine rings is 1. The fourth-order valence-corrected chi connectivity index (χ4v) is 5.17. The number of pyridine rings is 1. The number of hydrogen-bond acceptors (Lipinski definition) is 6. The van der Waals surface area contributed by atoms with Crippen molar-refractivity contribution in [3.8, 4) is 0 Å². The molecule has 9 nitrogen and oxygen atoms in total. The molecule has 0 bridgehead atoms. The lowest BCUT2D eigenvalue weighted by Crippen LogP contribution is -2.48. The summed E-state index contributed by atoms with van der Waals surface area (Å²) in [4.78, 5) is 45.4. The van der Waals surface area contributed by atoms with Gasteiger partial charge in [0.2, 0.25) is 5.91 Å². The molecular formula is C29H36N4O5. The molecule has 0 spiro atoms. The van der Waals surface area contributed by atoms with Crippen LogP contribution in [0.5, 0.6) is 0 Å². The number of furan rings is 1. The average Bonchev–Trinajstić information content (AvgIpc) is 3.45. The van der Waals surface area contributed by atoms with Crippen molar-refractivity contribution >= 4 is 23.6 Å². The highest BCUT2D eigenvalue weighted by Crippen LogP contribution is 2.36. The molecule has 3 heterocycles. The van der Waals surface area contributed by atoms with Crippen LogP contribution >= 0.6 is 0 Å². The van der Waals surface area contributed by atoms with Crippen LogP contribution in [-0.4, -0.2) is 65.0 Å². The molecule has 2 aromatic rings. The Morgan fingerprint density at radius 2 is 2.03 bits per heavy atom. The lowest BCUT2D eigenvalue weighted by Gasteiger charge is -2.39. The molecule has 0 radical (unpaired) electrons. The summed E-state index contributed by atoms with van der Waals surface area (Å²) in [5, 5.41) is 11.6. The van der Waals surface area contributed by atoms with Crippen LogP contribution in [0.3, 0.4) is 0 Å². The van der Waals surface area contributed by atoms with E-state index in [1.165, 1.54) is 6.26 Å². The lowest BCUT2D eigenvalue weighted by molar-refractivity contribution is -0.136. The molecule has 0 saturated carbocycles. The summed E-state index contributed by atoms with van der Waals surface area (Å²) in [6.07, 6.45) is 14.9. The zero-order valence-corrected chi connectivity index (χ0v) is 21.8. The molecule has 1 saturated heterocycles. The monoisotopic (exact) mass is 520 g/mol. The summed E-state index contributed by atoms with van der Waals surface area (Å²) < 4.78 is 5.42. The Kier molecular flexibility index (Phi) is 9.12. The van der Waals surface area contributed by atoms with Gasteiger partial charge in [0.1, 0.15) is 5.82 Å². The Morgan fingerprint density at radius 3 is 2.66 bits per heavy atom. The van der Waals surface area contributed by atoms with Crippen LogP contribution in [0.1, 0.15) is 54.6 Å². The lowest BCUT2D eigenvalue weighted by atomic mass is 9.75. The Morgan fingerprint density at radius 1 is 1.21 bits per heavy atom. The number of rotatable bonds is 11. The van der Waals surface area contributed by atoms with Crippen molar-refractivity contribution in [1.82, 2.24) is 15.2 Å². The summed E-state index contributed by atoms with van der Waals surface area (Å²) in [5.41, 5.74) is 0.747. The molecule has 2 aliphatic rings. The van der Waals surface area contributed by atoms with Crippen molar-refractivity contribution in [3.63, 3.8) is 0 Å². The number of hydrogen-bond donors (Lipinski definition) is 2. The number of aliphatic carboxylic acids is 1. The van der Waals surface area contributed by atoms with Crippen molar-refractivity contribution in [3.05, 3.63) is 72.4 Å². The quantitative estimate of drug-likeness (QED) is 0.461. The maximum atomic E-state index is 13.4. The number of carboxylic acid groups (broad SMARTS) is 1. The highest BCUT2D eigenvalue weighted by Gasteiger charge is 2.34. The number of nitrogens with zero attached hydrogens (tertiary/aromatic N) is 3. The van der Waals surface area contributed by atoms with Crippen LogP contribution < -0.4 is 10.2 Å². The number of aryl methyl sites for hydroxylation is 1. The van der Waals surface area contributed by atoms with E-state index < -0.39 is 5.97 Å². The van der Waals surface area contributed by atoms with Crippen LogP contribution in [0.2, 0.25) is 0 Å². The van der Waals surface area contributed by atoms with Gasteiger partial charge in [0, 0.05) is 43.7 Å². The van der Waals surface area contributed by atoms with Gasteiger partial charge in [-0.2, -0.15) is 0 Å². The van der Waals surface area contributed by atoms with Crippen LogP contribution in [0.4, 0.5) is 5.82 Å². The van der Waals surface area contributed by atoms with Gasteiger partial charge < -0.3 is 19.7 Å². The van der Waals surface area contributed by atoms with Gasteiger partial charge in [-0.25, -0.2) is 4.98 Å². The predicted molar refractivity (Wildman–Crippen MR) is 144 cm³/mol. The van der Waals surface area contributed by atoms with Crippen molar-refractivity contribution in [2.24, 2.45) is 5.41 Å². The molecule has 2 aromatic heterocycles. The normalized spacial score (nSPS) is 19.8. The van der Waals surface area contributed by atoms with Crippen molar-refractivity contribution in [2.75, 3.05) is 31.1 Å². The van der Waals surface area contributed by atoms with Gasteiger partial charge in [-0.1, -0.05) is 30.4 Å². The first-order chi connectivity index (χ1) is 18.3. The smallest absolute Gasteiger partial charge is 0.305 e. The third kappa shape index (κ3) is 7.19. The zero-order chi connectivity index (χ0) is 27.0. The Balaban J connectivity index is 1.36. The highest BCUT2D eigenvalue weighted by atomic mass is 16.4. The van der Waals surface area contributed by atoms with E-state index in [9.17, 15) is 14.4 Å². The highest BCUT2D eigenvalue weighted by molar-refractivity contribution is 6.04. The van der Waals surface area contributed by atoms with Gasteiger partial charge in [-0.3, -0.25) is 19.3 Å². The predicted octanol–water partition coefficient (Wildman–Crippen LogP) is 3.97. The van der Waals surface area contributed by atoms with Gasteiger partial charge in [-0.05, 0) is 62.9 Å². The molecule has 1 unspecified atom stereocenters. The minimum atomic E-state index is -0.925. The van der Waals surface area contributed by atoms with Crippen LogP contribution in [0.25, 0.3) is 0 Å². The Bertz CT molecular complexity index is 1150. The third-order valence-corrected chi connectivity index (χ3v) is 7.34. The number of nitrogens with one attached hydrogen (secondary N) is 1. The molecule has 202 valence electrons. The van der Waals surface area contributed by atoms with E-state index in [4.69, 9.17) is 9.52 Å². The summed E-state index contributed by atoms with van der Waals surface area (Å²) in [7, 11) is 0. The fourth-order valence-electron chi connectivity index (χ4n) is 5.17. The van der Waals surface area contributed by atoms with Gasteiger partial charge in [0.15, 0.2) is 5.76 Å². The van der Waals surface area contributed by atoms with E-state index in [1.54, 1.807) is 23.2 Å². The summed E-state index contributed by atoms with van der Waals surface area (Å²) in [6, 6.07) is 7.25. The maximum Gasteiger partial charge on any atom is 0.305 e. The molecule has 0 aromatic carbocycles. The fraction of sp³-hybridized carbons (Fsp3) is 0.448. The van der Waals surface area contributed by atoms with Gasteiger partial charge in [-0.15, -0.1) is 0 Å². The summed E-state index contributed by atoms with van der Waals surface area (Å²) >= 11 is 0. The number of carbonyl (C=O) groups excluding carboxylic acids is 2. The molecule has 1 atom stereocenters. The number of aromatic nitrogens is 1. The summed E-state index contributed by atoms with van der Waals surface area (Å²) in [6.45, 7) is 4.61. The molecule has 38 heavy (non-hydrogen) atoms. The van der Waals surface area contributed by atoms with Gasteiger partial charge >= 0.3 is 5.97 Å². The molecule has 1 aliphatic carbocycles. The van der Waals surface area contributed by atoms with Crippen LogP contribution in [0, 0.1) is 12.3 Å². The topological polar surface area (TPSA) is 116 Å². The largest absolute Gasteiger partial charge is 0.481 e. The van der Waals surface area contributed by atoms with E-state index in [0.717, 1.165) is 50.9 Å². The molecule has 9 heteroatoms. The SMILES string of the molecule is Cc1ccc(N(C(=O)c2ccco2)C2CCN(CCC3(CC(=O)NCCC(=O)O)C=CC=CC3)CC2)nc1. The Hall–Kier alpha value is -3.72. The van der Waals surface area contributed by atoms with Crippen molar-refractivity contribution < 1.29 is 23.9 Å². The first kappa shape index (κ1) is 27.3. The summed E-state index contributed by atoms with van der Waals surface area (Å²) in [5.74, 6) is -0.302. The van der Waals surface area contributed by atoms with E-state index in [2.05, 4.69) is 27.4 Å². The first-order valence-corrected chi connectivity index (χ1v) is 13.2. The number of anilines is 1. The number of amides is 2. The first-order valence-electron chi connectivity index (χ1n) is 13.2. The second-order valence-electron chi connectivity index (χ2n) is 10.2. The molecule has 2 amide bonds. The van der Waals surface area contributed by atoms with Crippen LogP contribution in [-0.2, 0) is 9.59 Å². The third-order valence-electron chi connectivity index (χ3n) is 7.34. The molecule has 1 aliphatic heterocycles. The molecule has 4 rings (SSSR count). The minimum Gasteiger partial charge on any atom is -0.481 e.